The Morgan fingerprint density at radius 3 is 2.44 bits per heavy atom. The first kappa shape index (κ1) is 15.2. The molecule has 0 heterocycles. The molecule has 0 N–H and O–H groups in total. The van der Waals surface area contributed by atoms with Gasteiger partial charge in [-0.3, -0.25) is 0 Å². The summed E-state index contributed by atoms with van der Waals surface area (Å²) in [5.74, 6) is 0.302. The number of hydrogen-bond acceptors (Lipinski definition) is 3. The molecule has 0 aliphatic heterocycles. The van der Waals surface area contributed by atoms with E-state index in [0.717, 1.165) is 0 Å². The van der Waals surface area contributed by atoms with Gasteiger partial charge in [0, 0.05) is 13.0 Å². The Bertz CT molecular complexity index is 322. The highest BCUT2D eigenvalue weighted by Crippen LogP contribution is 2.21. The highest BCUT2D eigenvalue weighted by molar-refractivity contribution is 5.13. The van der Waals surface area contributed by atoms with Gasteiger partial charge in [0.25, 0.3) is 0 Å². The maximum Gasteiger partial charge on any atom is 0.147 e. The van der Waals surface area contributed by atoms with Gasteiger partial charge in [-0.05, 0) is 19.4 Å². The van der Waals surface area contributed by atoms with Crippen LogP contribution in [0.2, 0.25) is 0 Å². The highest BCUT2D eigenvalue weighted by atomic mass is 16.7. The summed E-state index contributed by atoms with van der Waals surface area (Å²) < 4.78 is 16.3. The second-order valence-electron chi connectivity index (χ2n) is 5.06. The summed E-state index contributed by atoms with van der Waals surface area (Å²) >= 11 is 0. The van der Waals surface area contributed by atoms with Crippen molar-refractivity contribution in [3.05, 3.63) is 35.9 Å². The first-order valence-corrected chi connectivity index (χ1v) is 6.31. The fourth-order valence-electron chi connectivity index (χ4n) is 1.48. The van der Waals surface area contributed by atoms with Gasteiger partial charge in [-0.15, -0.1) is 0 Å². The van der Waals surface area contributed by atoms with Crippen molar-refractivity contribution in [1.82, 2.24) is 0 Å². The Balaban J connectivity index is 2.30. The number of benzene rings is 1. The molecule has 1 rings (SSSR count). The van der Waals surface area contributed by atoms with E-state index in [-0.39, 0.29) is 5.60 Å². The van der Waals surface area contributed by atoms with Crippen LogP contribution < -0.4 is 0 Å². The third-order valence-electron chi connectivity index (χ3n) is 3.21. The molecule has 18 heavy (non-hydrogen) atoms. The third kappa shape index (κ3) is 5.17. The molecule has 0 saturated carbocycles. The monoisotopic (exact) mass is 252 g/mol. The Hall–Kier alpha value is -0.900. The molecule has 0 radical (unpaired) electrons. The van der Waals surface area contributed by atoms with E-state index >= 15 is 0 Å². The van der Waals surface area contributed by atoms with Crippen LogP contribution in [0.4, 0.5) is 0 Å². The smallest absolute Gasteiger partial charge is 0.147 e. The standard InChI is InChI=1S/C15H24O3/c1-13(15(2,3)18-12-16-4)10-17-11-14-8-6-5-7-9-14/h5-9,13H,10-12H2,1-4H3. The van der Waals surface area contributed by atoms with E-state index in [1.807, 2.05) is 18.2 Å². The fraction of sp³-hybridized carbons (Fsp3) is 0.600. The molecular formula is C15H24O3. The van der Waals surface area contributed by atoms with Gasteiger partial charge in [0.05, 0.1) is 18.8 Å². The van der Waals surface area contributed by atoms with Crippen LogP contribution in [0.3, 0.4) is 0 Å². The average molecular weight is 252 g/mol. The van der Waals surface area contributed by atoms with E-state index in [1.165, 1.54) is 5.56 Å². The molecule has 0 amide bonds. The molecule has 3 nitrogen and oxygen atoms in total. The zero-order valence-electron chi connectivity index (χ0n) is 11.8. The van der Waals surface area contributed by atoms with Gasteiger partial charge in [-0.25, -0.2) is 0 Å². The van der Waals surface area contributed by atoms with Crippen LogP contribution in [0.1, 0.15) is 26.3 Å². The lowest BCUT2D eigenvalue weighted by Crippen LogP contribution is -2.36. The zero-order valence-corrected chi connectivity index (χ0v) is 11.8. The minimum Gasteiger partial charge on any atom is -0.376 e. The van der Waals surface area contributed by atoms with Crippen molar-refractivity contribution in [3.8, 4) is 0 Å². The van der Waals surface area contributed by atoms with E-state index in [4.69, 9.17) is 14.2 Å². The normalized spacial score (nSPS) is 13.6. The summed E-state index contributed by atoms with van der Waals surface area (Å²) in [7, 11) is 1.63. The summed E-state index contributed by atoms with van der Waals surface area (Å²) in [5, 5.41) is 0. The maximum atomic E-state index is 5.73. The molecular weight excluding hydrogens is 228 g/mol. The molecule has 102 valence electrons. The molecule has 0 aromatic heterocycles. The molecule has 3 heteroatoms. The molecule has 0 aliphatic carbocycles. The van der Waals surface area contributed by atoms with Crippen molar-refractivity contribution >= 4 is 0 Å². The topological polar surface area (TPSA) is 27.7 Å². The summed E-state index contributed by atoms with van der Waals surface area (Å²) in [5.41, 5.74) is 0.951. The van der Waals surface area contributed by atoms with E-state index in [0.29, 0.717) is 25.9 Å². The summed E-state index contributed by atoms with van der Waals surface area (Å²) in [4.78, 5) is 0. The predicted molar refractivity (Wildman–Crippen MR) is 72.3 cm³/mol. The van der Waals surface area contributed by atoms with Crippen LogP contribution in [0, 0.1) is 5.92 Å². The van der Waals surface area contributed by atoms with Gasteiger partial charge in [0.15, 0.2) is 0 Å². The molecule has 1 aromatic carbocycles. The molecule has 0 saturated heterocycles. The first-order chi connectivity index (χ1) is 8.56. The van der Waals surface area contributed by atoms with Crippen molar-refractivity contribution in [2.75, 3.05) is 20.5 Å². The second kappa shape index (κ2) is 7.52. The minimum atomic E-state index is -0.243. The molecule has 1 atom stereocenters. The average Bonchev–Trinajstić information content (AvgIpc) is 2.37. The molecule has 0 aliphatic rings. The van der Waals surface area contributed by atoms with Gasteiger partial charge in [-0.1, -0.05) is 37.3 Å². The quantitative estimate of drug-likeness (QED) is 0.665. The zero-order chi connectivity index (χ0) is 13.4. The van der Waals surface area contributed by atoms with Crippen LogP contribution in [0.15, 0.2) is 30.3 Å². The van der Waals surface area contributed by atoms with Gasteiger partial charge in [0.1, 0.15) is 6.79 Å². The molecule has 1 unspecified atom stereocenters. The van der Waals surface area contributed by atoms with E-state index < -0.39 is 0 Å². The van der Waals surface area contributed by atoms with Crippen LogP contribution in [0.5, 0.6) is 0 Å². The predicted octanol–water partition coefficient (Wildman–Crippen LogP) is 3.24. The molecule has 1 aromatic rings. The summed E-state index contributed by atoms with van der Waals surface area (Å²) in [6.07, 6.45) is 0. The second-order valence-corrected chi connectivity index (χ2v) is 5.06. The van der Waals surface area contributed by atoms with Crippen molar-refractivity contribution in [2.45, 2.75) is 33.0 Å². The van der Waals surface area contributed by atoms with Crippen LogP contribution >= 0.6 is 0 Å². The van der Waals surface area contributed by atoms with Gasteiger partial charge in [0.2, 0.25) is 0 Å². The van der Waals surface area contributed by atoms with Crippen LogP contribution in [0.25, 0.3) is 0 Å². The van der Waals surface area contributed by atoms with Crippen molar-refractivity contribution in [2.24, 2.45) is 5.92 Å². The lowest BCUT2D eigenvalue weighted by atomic mass is 9.93. The Morgan fingerprint density at radius 2 is 1.83 bits per heavy atom. The van der Waals surface area contributed by atoms with Gasteiger partial charge < -0.3 is 14.2 Å². The van der Waals surface area contributed by atoms with E-state index in [1.54, 1.807) is 7.11 Å². The largest absolute Gasteiger partial charge is 0.376 e. The Kier molecular flexibility index (Phi) is 6.33. The Labute approximate surface area is 110 Å². The summed E-state index contributed by atoms with van der Waals surface area (Å²) in [6.45, 7) is 7.87. The first-order valence-electron chi connectivity index (χ1n) is 6.31. The number of hydrogen-bond donors (Lipinski definition) is 0. The van der Waals surface area contributed by atoms with Crippen LogP contribution in [-0.4, -0.2) is 26.1 Å². The van der Waals surface area contributed by atoms with Gasteiger partial charge in [-0.2, -0.15) is 0 Å². The van der Waals surface area contributed by atoms with Crippen LogP contribution in [-0.2, 0) is 20.8 Å². The van der Waals surface area contributed by atoms with Gasteiger partial charge >= 0.3 is 0 Å². The molecule has 0 bridgehead atoms. The lowest BCUT2D eigenvalue weighted by Gasteiger charge is -2.31. The van der Waals surface area contributed by atoms with E-state index in [9.17, 15) is 0 Å². The SMILES string of the molecule is COCOC(C)(C)C(C)COCc1ccccc1. The van der Waals surface area contributed by atoms with Crippen molar-refractivity contribution in [3.63, 3.8) is 0 Å². The maximum absolute atomic E-state index is 5.73. The van der Waals surface area contributed by atoms with Crippen molar-refractivity contribution < 1.29 is 14.2 Å². The van der Waals surface area contributed by atoms with E-state index in [2.05, 4.69) is 32.9 Å². The third-order valence-corrected chi connectivity index (χ3v) is 3.21. The molecule has 0 fully saturated rings. The number of methoxy groups -OCH3 is 1. The Morgan fingerprint density at radius 1 is 1.17 bits per heavy atom. The number of rotatable bonds is 8. The number of ether oxygens (including phenoxy) is 3. The minimum absolute atomic E-state index is 0.243. The highest BCUT2D eigenvalue weighted by Gasteiger charge is 2.26. The molecule has 0 spiro atoms. The lowest BCUT2D eigenvalue weighted by molar-refractivity contribution is -0.146. The summed E-state index contributed by atoms with van der Waals surface area (Å²) in [6, 6.07) is 10.2. The van der Waals surface area contributed by atoms with Crippen molar-refractivity contribution in [1.29, 1.82) is 0 Å². The fourth-order valence-corrected chi connectivity index (χ4v) is 1.48.